The minimum atomic E-state index is -0.468. The summed E-state index contributed by atoms with van der Waals surface area (Å²) < 4.78 is 5.29. The second kappa shape index (κ2) is 9.98. The summed E-state index contributed by atoms with van der Waals surface area (Å²) in [5.74, 6) is -0.603. The molecule has 0 aliphatic heterocycles. The molecule has 0 bridgehead atoms. The Morgan fingerprint density at radius 1 is 1.09 bits per heavy atom. The van der Waals surface area contributed by atoms with Crippen molar-refractivity contribution in [2.75, 3.05) is 5.32 Å². The first-order valence-electron chi connectivity index (χ1n) is 10.1. The van der Waals surface area contributed by atoms with E-state index in [9.17, 15) is 9.59 Å². The minimum Gasteiger partial charge on any atom is -0.456 e. The van der Waals surface area contributed by atoms with E-state index in [2.05, 4.69) is 15.3 Å². The predicted octanol–water partition coefficient (Wildman–Crippen LogP) is 4.94. The highest BCUT2D eigenvalue weighted by atomic mass is 32.1. The number of para-hydroxylation sites is 2. The van der Waals surface area contributed by atoms with Crippen LogP contribution < -0.4 is 5.32 Å². The number of ether oxygens (including phenoxy) is 1. The van der Waals surface area contributed by atoms with Crippen LogP contribution in [0.3, 0.4) is 0 Å². The minimum absolute atomic E-state index is 0.0485. The van der Waals surface area contributed by atoms with E-state index in [1.165, 1.54) is 17.4 Å². The number of nitrogens with one attached hydrogen (secondary N) is 1. The van der Waals surface area contributed by atoms with Crippen LogP contribution in [0.2, 0.25) is 0 Å². The van der Waals surface area contributed by atoms with E-state index in [-0.39, 0.29) is 18.9 Å². The topological polar surface area (TPSA) is 81.2 Å². The zero-order valence-electron chi connectivity index (χ0n) is 17.4. The summed E-state index contributed by atoms with van der Waals surface area (Å²) in [6, 6.07) is 17.2. The first kappa shape index (κ1) is 21.4. The molecule has 0 atom stereocenters. The van der Waals surface area contributed by atoms with Crippen molar-refractivity contribution in [2.24, 2.45) is 0 Å². The Hall–Kier alpha value is -3.84. The van der Waals surface area contributed by atoms with Gasteiger partial charge in [-0.3, -0.25) is 9.78 Å². The number of esters is 1. The molecular weight excluding hydrogens is 422 g/mol. The van der Waals surface area contributed by atoms with Gasteiger partial charge in [-0.2, -0.15) is 0 Å². The smallest absolute Gasteiger partial charge is 0.331 e. The Bertz CT molecular complexity index is 1290. The van der Waals surface area contributed by atoms with E-state index >= 15 is 0 Å². The lowest BCUT2D eigenvalue weighted by molar-refractivity contribution is -0.139. The van der Waals surface area contributed by atoms with E-state index in [1.54, 1.807) is 17.7 Å². The van der Waals surface area contributed by atoms with E-state index in [0.717, 1.165) is 27.7 Å². The van der Waals surface area contributed by atoms with Crippen LogP contribution in [-0.4, -0.2) is 21.8 Å². The standard InChI is InChI=1S/C25H21N3O3S/c1-17-6-2-3-10-21(17)28-22(29)14-23-27-20(16-32-23)15-31-24(30)12-11-19-8-4-7-18-9-5-13-26-25(18)19/h2-13,16H,14-15H2,1H3,(H,28,29)/b12-11+. The number of fused-ring (bicyclic) bond motifs is 1. The molecule has 1 N–H and O–H groups in total. The Labute approximate surface area is 189 Å². The molecule has 6 nitrogen and oxygen atoms in total. The van der Waals surface area contributed by atoms with Crippen molar-refractivity contribution < 1.29 is 14.3 Å². The molecule has 0 unspecified atom stereocenters. The number of rotatable bonds is 7. The molecule has 2 heterocycles. The molecular formula is C25H21N3O3S. The van der Waals surface area contributed by atoms with Crippen molar-refractivity contribution in [3.63, 3.8) is 0 Å². The molecule has 0 spiro atoms. The molecule has 160 valence electrons. The van der Waals surface area contributed by atoms with Gasteiger partial charge in [0.25, 0.3) is 0 Å². The van der Waals surface area contributed by atoms with Crippen LogP contribution in [0.4, 0.5) is 5.69 Å². The first-order chi connectivity index (χ1) is 15.6. The van der Waals surface area contributed by atoms with Gasteiger partial charge in [-0.25, -0.2) is 9.78 Å². The number of carbonyl (C=O) groups is 2. The monoisotopic (exact) mass is 443 g/mol. The van der Waals surface area contributed by atoms with Gasteiger partial charge >= 0.3 is 5.97 Å². The number of pyridine rings is 1. The summed E-state index contributed by atoms with van der Waals surface area (Å²) in [5.41, 5.74) is 4.07. The third-order valence-corrected chi connectivity index (χ3v) is 5.65. The Morgan fingerprint density at radius 2 is 1.94 bits per heavy atom. The fourth-order valence-corrected chi connectivity index (χ4v) is 3.93. The Balaban J connectivity index is 1.30. The SMILES string of the molecule is Cc1ccccc1NC(=O)Cc1nc(COC(=O)/C=C/c2cccc3cccnc23)cs1. The molecule has 32 heavy (non-hydrogen) atoms. The number of anilines is 1. The lowest BCUT2D eigenvalue weighted by atomic mass is 10.1. The van der Waals surface area contributed by atoms with Crippen molar-refractivity contribution in [1.82, 2.24) is 9.97 Å². The van der Waals surface area contributed by atoms with Crippen LogP contribution in [0.25, 0.3) is 17.0 Å². The van der Waals surface area contributed by atoms with E-state index in [0.29, 0.717) is 10.7 Å². The van der Waals surface area contributed by atoms with Gasteiger partial charge in [0.15, 0.2) is 0 Å². The van der Waals surface area contributed by atoms with Gasteiger partial charge in [0.05, 0.1) is 17.6 Å². The zero-order chi connectivity index (χ0) is 22.3. The molecule has 7 heteroatoms. The van der Waals surface area contributed by atoms with Gasteiger partial charge in [0, 0.05) is 34.3 Å². The number of aromatic nitrogens is 2. The molecule has 0 aliphatic carbocycles. The highest BCUT2D eigenvalue weighted by Crippen LogP contribution is 2.18. The lowest BCUT2D eigenvalue weighted by Crippen LogP contribution is -2.15. The second-order valence-corrected chi connectivity index (χ2v) is 8.08. The highest BCUT2D eigenvalue weighted by molar-refractivity contribution is 7.09. The number of hydrogen-bond acceptors (Lipinski definition) is 6. The third-order valence-electron chi connectivity index (χ3n) is 4.76. The van der Waals surface area contributed by atoms with E-state index < -0.39 is 5.97 Å². The Morgan fingerprint density at radius 3 is 2.81 bits per heavy atom. The van der Waals surface area contributed by atoms with Crippen LogP contribution >= 0.6 is 11.3 Å². The summed E-state index contributed by atoms with van der Waals surface area (Å²) in [6.45, 7) is 1.99. The molecule has 2 aromatic heterocycles. The number of benzene rings is 2. The average molecular weight is 444 g/mol. The highest BCUT2D eigenvalue weighted by Gasteiger charge is 2.10. The number of aryl methyl sites for hydroxylation is 1. The normalized spacial score (nSPS) is 11.0. The summed E-state index contributed by atoms with van der Waals surface area (Å²) in [5, 5.41) is 6.36. The quantitative estimate of drug-likeness (QED) is 0.323. The van der Waals surface area contributed by atoms with Crippen molar-refractivity contribution in [3.05, 3.63) is 94.1 Å². The van der Waals surface area contributed by atoms with Crippen molar-refractivity contribution in [3.8, 4) is 0 Å². The van der Waals surface area contributed by atoms with E-state index in [1.807, 2.05) is 61.5 Å². The number of thiazole rings is 1. The van der Waals surface area contributed by atoms with E-state index in [4.69, 9.17) is 4.74 Å². The molecule has 4 aromatic rings. The third kappa shape index (κ3) is 5.44. The largest absolute Gasteiger partial charge is 0.456 e. The van der Waals surface area contributed by atoms with Gasteiger partial charge in [-0.1, -0.05) is 42.5 Å². The Kier molecular flexibility index (Phi) is 6.67. The maximum Gasteiger partial charge on any atom is 0.331 e. The van der Waals surface area contributed by atoms with Crippen molar-refractivity contribution in [1.29, 1.82) is 0 Å². The van der Waals surface area contributed by atoms with Crippen LogP contribution in [0, 0.1) is 6.92 Å². The number of hydrogen-bond donors (Lipinski definition) is 1. The summed E-state index contributed by atoms with van der Waals surface area (Å²) >= 11 is 1.37. The molecule has 0 fully saturated rings. The molecule has 2 aromatic carbocycles. The van der Waals surface area contributed by atoms with Crippen molar-refractivity contribution in [2.45, 2.75) is 20.0 Å². The summed E-state index contributed by atoms with van der Waals surface area (Å²) in [6.07, 6.45) is 4.96. The summed E-state index contributed by atoms with van der Waals surface area (Å²) in [4.78, 5) is 33.2. The van der Waals surface area contributed by atoms with Crippen LogP contribution in [0.15, 0.2) is 72.3 Å². The fraction of sp³-hybridized carbons (Fsp3) is 0.120. The van der Waals surface area contributed by atoms with Crippen LogP contribution in [-0.2, 0) is 27.4 Å². The molecule has 0 saturated heterocycles. The van der Waals surface area contributed by atoms with Crippen molar-refractivity contribution >= 4 is 45.9 Å². The fourth-order valence-electron chi connectivity index (χ4n) is 3.15. The van der Waals surface area contributed by atoms with Gasteiger partial charge < -0.3 is 10.1 Å². The van der Waals surface area contributed by atoms with Gasteiger partial charge in [-0.05, 0) is 30.7 Å². The van der Waals surface area contributed by atoms with Crippen LogP contribution in [0.1, 0.15) is 21.8 Å². The molecule has 0 radical (unpaired) electrons. The number of amides is 1. The molecule has 1 amide bonds. The summed E-state index contributed by atoms with van der Waals surface area (Å²) in [7, 11) is 0. The van der Waals surface area contributed by atoms with Gasteiger partial charge in [0.1, 0.15) is 11.6 Å². The zero-order valence-corrected chi connectivity index (χ0v) is 18.3. The number of carbonyl (C=O) groups excluding carboxylic acids is 2. The first-order valence-corrected chi connectivity index (χ1v) is 10.9. The maximum atomic E-state index is 12.3. The maximum absolute atomic E-state index is 12.3. The van der Waals surface area contributed by atoms with Gasteiger partial charge in [-0.15, -0.1) is 11.3 Å². The second-order valence-electron chi connectivity index (χ2n) is 7.14. The van der Waals surface area contributed by atoms with Gasteiger partial charge in [0.2, 0.25) is 5.91 Å². The van der Waals surface area contributed by atoms with Crippen LogP contribution in [0.5, 0.6) is 0 Å². The number of nitrogens with zero attached hydrogens (tertiary/aromatic N) is 2. The molecule has 0 aliphatic rings. The average Bonchev–Trinajstić information content (AvgIpc) is 3.25. The predicted molar refractivity (Wildman–Crippen MR) is 126 cm³/mol. The molecule has 4 rings (SSSR count). The molecule has 0 saturated carbocycles. The lowest BCUT2D eigenvalue weighted by Gasteiger charge is -2.06.